The number of hydrogen-bond donors (Lipinski definition) is 4. The number of anilines is 2. The predicted molar refractivity (Wildman–Crippen MR) is 123 cm³/mol. The van der Waals surface area contributed by atoms with Gasteiger partial charge in [-0.1, -0.05) is 13.8 Å². The van der Waals surface area contributed by atoms with Gasteiger partial charge in [0.2, 0.25) is 5.91 Å². The van der Waals surface area contributed by atoms with Crippen molar-refractivity contribution >= 4 is 23.6 Å². The monoisotopic (exact) mass is 444 g/mol. The van der Waals surface area contributed by atoms with Crippen LogP contribution in [0.1, 0.15) is 30.6 Å². The molecule has 0 aliphatic rings. The van der Waals surface area contributed by atoms with Gasteiger partial charge in [0.15, 0.2) is 0 Å². The molecule has 1 aromatic carbocycles. The molecular weight excluding hydrogens is 404 g/mol. The molecule has 0 spiro atoms. The van der Waals surface area contributed by atoms with E-state index < -0.39 is 0 Å². The highest BCUT2D eigenvalue weighted by Gasteiger charge is 1.95. The maximum absolute atomic E-state index is 10.4. The lowest BCUT2D eigenvalue weighted by atomic mass is 10.2. The highest BCUT2D eigenvalue weighted by molar-refractivity contribution is 5.80. The standard InChI is InChI=1S/C12H26N2O5.C7H8N2O.C2H6/c1-14-3-5-17-7-9-19-11-10-18-8-6-16-4-2-12(13)15;8-6-2-1-5(4-10)3-7(6)9;1-2/h14H,2-11H2,1H3,(H2,13,15);1-4H,8-9H2;1-2H3. The van der Waals surface area contributed by atoms with Crippen LogP contribution >= 0.6 is 0 Å². The van der Waals surface area contributed by atoms with Crippen LogP contribution in [-0.2, 0) is 23.7 Å². The molecule has 10 heteroatoms. The van der Waals surface area contributed by atoms with E-state index in [1.54, 1.807) is 18.2 Å². The number of rotatable bonds is 16. The maximum Gasteiger partial charge on any atom is 0.219 e. The number of carbonyl (C=O) groups is 2. The Morgan fingerprint density at radius 3 is 1.77 bits per heavy atom. The molecular formula is C21H40N4O6. The number of nitrogen functional groups attached to an aromatic ring is 2. The molecule has 0 heterocycles. The van der Waals surface area contributed by atoms with E-state index in [9.17, 15) is 9.59 Å². The van der Waals surface area contributed by atoms with E-state index in [4.69, 9.17) is 36.1 Å². The topological polar surface area (TPSA) is 161 Å². The summed E-state index contributed by atoms with van der Waals surface area (Å²) in [4.78, 5) is 20.6. The van der Waals surface area contributed by atoms with Crippen LogP contribution in [0, 0.1) is 0 Å². The van der Waals surface area contributed by atoms with Crippen LogP contribution in [0.15, 0.2) is 18.2 Å². The quantitative estimate of drug-likeness (QED) is 0.164. The zero-order valence-electron chi connectivity index (χ0n) is 19.1. The van der Waals surface area contributed by atoms with Gasteiger partial charge in [-0.05, 0) is 25.2 Å². The van der Waals surface area contributed by atoms with Gasteiger partial charge in [0.1, 0.15) is 6.29 Å². The first-order valence-electron chi connectivity index (χ1n) is 10.3. The Morgan fingerprint density at radius 2 is 1.35 bits per heavy atom. The van der Waals surface area contributed by atoms with Gasteiger partial charge in [-0.3, -0.25) is 9.59 Å². The number of nitrogens with one attached hydrogen (secondary N) is 1. The number of hydrogen-bond acceptors (Lipinski definition) is 9. The first kappa shape index (κ1) is 30.9. The van der Waals surface area contributed by atoms with Crippen molar-refractivity contribution in [3.05, 3.63) is 23.8 Å². The first-order valence-corrected chi connectivity index (χ1v) is 10.3. The van der Waals surface area contributed by atoms with Crippen molar-refractivity contribution in [1.29, 1.82) is 0 Å². The van der Waals surface area contributed by atoms with Gasteiger partial charge in [-0.15, -0.1) is 0 Å². The smallest absolute Gasteiger partial charge is 0.219 e. The van der Waals surface area contributed by atoms with E-state index in [0.29, 0.717) is 69.8 Å². The molecule has 1 rings (SSSR count). The molecule has 7 N–H and O–H groups in total. The zero-order valence-corrected chi connectivity index (χ0v) is 19.1. The molecule has 10 nitrogen and oxygen atoms in total. The molecule has 31 heavy (non-hydrogen) atoms. The lowest BCUT2D eigenvalue weighted by Crippen LogP contribution is -2.17. The van der Waals surface area contributed by atoms with Crippen LogP contribution in [0.2, 0.25) is 0 Å². The predicted octanol–water partition coefficient (Wildman–Crippen LogP) is 0.837. The summed E-state index contributed by atoms with van der Waals surface area (Å²) in [5.41, 5.74) is 17.3. The van der Waals surface area contributed by atoms with Crippen molar-refractivity contribution in [2.75, 3.05) is 77.9 Å². The fourth-order valence-corrected chi connectivity index (χ4v) is 1.78. The highest BCUT2D eigenvalue weighted by atomic mass is 16.6. The summed E-state index contributed by atoms with van der Waals surface area (Å²) in [7, 11) is 1.88. The second-order valence-electron chi connectivity index (χ2n) is 5.78. The van der Waals surface area contributed by atoms with Gasteiger partial charge in [0, 0.05) is 18.5 Å². The van der Waals surface area contributed by atoms with Gasteiger partial charge >= 0.3 is 0 Å². The molecule has 0 aliphatic heterocycles. The summed E-state index contributed by atoms with van der Waals surface area (Å²) in [6, 6.07) is 4.78. The second-order valence-corrected chi connectivity index (χ2v) is 5.78. The Morgan fingerprint density at radius 1 is 0.871 bits per heavy atom. The van der Waals surface area contributed by atoms with Gasteiger partial charge in [-0.2, -0.15) is 0 Å². The third kappa shape index (κ3) is 22.3. The molecule has 0 saturated heterocycles. The number of aldehydes is 1. The van der Waals surface area contributed by atoms with E-state index in [2.05, 4.69) is 5.32 Å². The molecule has 1 aromatic rings. The molecule has 0 atom stereocenters. The van der Waals surface area contributed by atoms with E-state index in [-0.39, 0.29) is 12.3 Å². The van der Waals surface area contributed by atoms with E-state index in [0.717, 1.165) is 12.8 Å². The van der Waals surface area contributed by atoms with Crippen molar-refractivity contribution < 1.29 is 28.5 Å². The number of ether oxygens (including phenoxy) is 4. The number of carbonyl (C=O) groups excluding carboxylic acids is 2. The highest BCUT2D eigenvalue weighted by Crippen LogP contribution is 2.14. The van der Waals surface area contributed by atoms with Crippen LogP contribution in [0.5, 0.6) is 0 Å². The summed E-state index contributed by atoms with van der Waals surface area (Å²) in [5, 5.41) is 2.99. The number of primary amides is 1. The van der Waals surface area contributed by atoms with Crippen molar-refractivity contribution in [2.45, 2.75) is 20.3 Å². The number of likely N-dealkylation sites (N-methyl/N-ethyl adjacent to an activating group) is 1. The van der Waals surface area contributed by atoms with Gasteiger partial charge in [0.25, 0.3) is 0 Å². The Hall–Kier alpha value is -2.24. The number of benzene rings is 1. The average Bonchev–Trinajstić information content (AvgIpc) is 2.77. The molecule has 0 aromatic heterocycles. The first-order chi connectivity index (χ1) is 15.0. The van der Waals surface area contributed by atoms with Crippen molar-refractivity contribution in [2.24, 2.45) is 5.73 Å². The SMILES string of the molecule is CC.CNCCOCCOCCOCCOCCC(N)=O.Nc1ccc(C=O)cc1N. The van der Waals surface area contributed by atoms with Crippen molar-refractivity contribution in [3.8, 4) is 0 Å². The average molecular weight is 445 g/mol. The van der Waals surface area contributed by atoms with Crippen molar-refractivity contribution in [1.82, 2.24) is 5.32 Å². The second kappa shape index (κ2) is 24.0. The van der Waals surface area contributed by atoms with Crippen molar-refractivity contribution in [3.63, 3.8) is 0 Å². The Kier molecular flexibility index (Phi) is 24.0. The summed E-state index contributed by atoms with van der Waals surface area (Å²) >= 11 is 0. The third-order valence-electron chi connectivity index (χ3n) is 3.35. The zero-order chi connectivity index (χ0) is 23.7. The molecule has 0 saturated carbocycles. The molecule has 0 radical (unpaired) electrons. The minimum atomic E-state index is -0.355. The van der Waals surface area contributed by atoms with Crippen LogP contribution in [0.3, 0.4) is 0 Å². The van der Waals surface area contributed by atoms with Gasteiger partial charge in [0.05, 0.1) is 64.2 Å². The molecule has 0 fully saturated rings. The van der Waals surface area contributed by atoms with E-state index in [1.165, 1.54) is 0 Å². The van der Waals surface area contributed by atoms with E-state index in [1.807, 2.05) is 20.9 Å². The Balaban J connectivity index is 0. The molecule has 0 bridgehead atoms. The summed E-state index contributed by atoms with van der Waals surface area (Å²) in [5.74, 6) is -0.355. The molecule has 1 amide bonds. The Labute approximate surface area is 185 Å². The lowest BCUT2D eigenvalue weighted by molar-refractivity contribution is -0.119. The van der Waals surface area contributed by atoms with Crippen LogP contribution in [-0.4, -0.2) is 78.6 Å². The van der Waals surface area contributed by atoms with Gasteiger partial charge in [-0.25, -0.2) is 0 Å². The van der Waals surface area contributed by atoms with Gasteiger partial charge < -0.3 is 41.5 Å². The fourth-order valence-electron chi connectivity index (χ4n) is 1.78. The summed E-state index contributed by atoms with van der Waals surface area (Å²) < 4.78 is 21.0. The van der Waals surface area contributed by atoms with Crippen LogP contribution in [0.4, 0.5) is 11.4 Å². The largest absolute Gasteiger partial charge is 0.397 e. The minimum Gasteiger partial charge on any atom is -0.397 e. The fraction of sp³-hybridized carbons (Fsp3) is 0.619. The third-order valence-corrected chi connectivity index (χ3v) is 3.35. The lowest BCUT2D eigenvalue weighted by Gasteiger charge is -2.07. The molecule has 0 unspecified atom stereocenters. The molecule has 0 aliphatic carbocycles. The number of amides is 1. The van der Waals surface area contributed by atoms with Crippen LogP contribution in [0.25, 0.3) is 0 Å². The maximum atomic E-state index is 10.4. The Bertz CT molecular complexity index is 561. The van der Waals surface area contributed by atoms with E-state index >= 15 is 0 Å². The van der Waals surface area contributed by atoms with Crippen LogP contribution < -0.4 is 22.5 Å². The normalized spacial score (nSPS) is 9.77. The number of nitrogens with two attached hydrogens (primary N) is 3. The summed E-state index contributed by atoms with van der Waals surface area (Å²) in [6.07, 6.45) is 0.979. The molecule has 180 valence electrons. The minimum absolute atomic E-state index is 0.247. The summed E-state index contributed by atoms with van der Waals surface area (Å²) in [6.45, 7) is 9.06.